The second-order valence-electron chi connectivity index (χ2n) is 5.30. The van der Waals surface area contributed by atoms with E-state index in [1.54, 1.807) is 7.11 Å². The van der Waals surface area contributed by atoms with Crippen LogP contribution in [0.25, 0.3) is 0 Å². The Bertz CT molecular complexity index is 618. The molecule has 20 heavy (non-hydrogen) atoms. The lowest BCUT2D eigenvalue weighted by molar-refractivity contribution is 0.408. The Morgan fingerprint density at radius 3 is 1.95 bits per heavy atom. The van der Waals surface area contributed by atoms with E-state index in [4.69, 9.17) is 9.15 Å². The normalized spacial score (nSPS) is 12.6. The van der Waals surface area contributed by atoms with E-state index in [0.717, 1.165) is 28.4 Å². The molecule has 1 aromatic heterocycles. The molecular formula is C17H21BrO2. The molecule has 1 heterocycles. The number of aryl methyl sites for hydroxylation is 4. The fourth-order valence-electron chi connectivity index (χ4n) is 2.80. The zero-order valence-electron chi connectivity index (χ0n) is 12.9. The second-order valence-corrected chi connectivity index (χ2v) is 6.22. The number of alkyl halides is 1. The number of furan rings is 1. The van der Waals surface area contributed by atoms with Gasteiger partial charge in [0.25, 0.3) is 0 Å². The van der Waals surface area contributed by atoms with Gasteiger partial charge >= 0.3 is 0 Å². The summed E-state index contributed by atoms with van der Waals surface area (Å²) in [5.74, 6) is 2.93. The molecule has 0 fully saturated rings. The average Bonchev–Trinajstić information content (AvgIpc) is 2.62. The van der Waals surface area contributed by atoms with E-state index >= 15 is 0 Å². The molecule has 1 unspecified atom stereocenters. The van der Waals surface area contributed by atoms with Gasteiger partial charge in [-0.1, -0.05) is 28.1 Å². The van der Waals surface area contributed by atoms with Gasteiger partial charge in [-0.15, -0.1) is 0 Å². The molecule has 0 aliphatic rings. The maximum absolute atomic E-state index is 5.74. The Kier molecular flexibility index (Phi) is 4.28. The van der Waals surface area contributed by atoms with Gasteiger partial charge in [0.1, 0.15) is 17.3 Å². The standard InChI is InChI=1S/C17H21BrO2/c1-9-7-14(8-10(2)17(9)19-6)16(18)15-11(3)12(4)20-13(15)5/h7-8,16H,1-6H3. The number of rotatable bonds is 3. The quantitative estimate of drug-likeness (QED) is 0.708. The van der Waals surface area contributed by atoms with Crippen LogP contribution in [0.2, 0.25) is 0 Å². The molecule has 1 aromatic carbocycles. The highest BCUT2D eigenvalue weighted by molar-refractivity contribution is 9.09. The maximum Gasteiger partial charge on any atom is 0.124 e. The van der Waals surface area contributed by atoms with Gasteiger partial charge in [0.15, 0.2) is 0 Å². The van der Waals surface area contributed by atoms with Crippen molar-refractivity contribution in [2.24, 2.45) is 0 Å². The smallest absolute Gasteiger partial charge is 0.124 e. The molecule has 0 amide bonds. The van der Waals surface area contributed by atoms with Crippen molar-refractivity contribution in [2.75, 3.05) is 7.11 Å². The van der Waals surface area contributed by atoms with E-state index in [9.17, 15) is 0 Å². The predicted octanol–water partition coefficient (Wildman–Crippen LogP) is 5.31. The fraction of sp³-hybridized carbons (Fsp3) is 0.412. The first-order chi connectivity index (χ1) is 9.36. The van der Waals surface area contributed by atoms with E-state index in [1.165, 1.54) is 16.7 Å². The highest BCUT2D eigenvalue weighted by Gasteiger charge is 2.21. The third-order valence-corrected chi connectivity index (χ3v) is 4.84. The molecule has 108 valence electrons. The van der Waals surface area contributed by atoms with Gasteiger partial charge in [0.2, 0.25) is 0 Å². The number of ether oxygens (including phenoxy) is 1. The average molecular weight is 337 g/mol. The van der Waals surface area contributed by atoms with Gasteiger partial charge in [-0.3, -0.25) is 0 Å². The van der Waals surface area contributed by atoms with Crippen molar-refractivity contribution in [2.45, 2.75) is 39.4 Å². The Balaban J connectivity index is 2.51. The van der Waals surface area contributed by atoms with Crippen molar-refractivity contribution in [3.63, 3.8) is 0 Å². The molecule has 0 radical (unpaired) electrons. The van der Waals surface area contributed by atoms with Crippen molar-refractivity contribution in [3.8, 4) is 5.75 Å². The first-order valence-electron chi connectivity index (χ1n) is 6.72. The van der Waals surface area contributed by atoms with Crippen LogP contribution in [0.3, 0.4) is 0 Å². The SMILES string of the molecule is COc1c(C)cc(C(Br)c2c(C)oc(C)c2C)cc1C. The minimum atomic E-state index is 0.142. The minimum absolute atomic E-state index is 0.142. The van der Waals surface area contributed by atoms with Crippen LogP contribution in [-0.4, -0.2) is 7.11 Å². The summed E-state index contributed by atoms with van der Waals surface area (Å²) in [4.78, 5) is 0.142. The third-order valence-electron chi connectivity index (χ3n) is 3.85. The predicted molar refractivity (Wildman–Crippen MR) is 86.2 cm³/mol. The van der Waals surface area contributed by atoms with Gasteiger partial charge in [-0.05, 0) is 56.9 Å². The summed E-state index contributed by atoms with van der Waals surface area (Å²) in [5, 5.41) is 0. The van der Waals surface area contributed by atoms with E-state index in [2.05, 4.69) is 48.8 Å². The summed E-state index contributed by atoms with van der Waals surface area (Å²) in [6.45, 7) is 10.3. The molecule has 2 rings (SSSR count). The van der Waals surface area contributed by atoms with Crippen LogP contribution in [0.4, 0.5) is 0 Å². The molecule has 0 saturated carbocycles. The maximum atomic E-state index is 5.74. The van der Waals surface area contributed by atoms with Gasteiger partial charge in [-0.25, -0.2) is 0 Å². The first kappa shape index (κ1) is 15.2. The Morgan fingerprint density at radius 2 is 1.55 bits per heavy atom. The van der Waals surface area contributed by atoms with Gasteiger partial charge < -0.3 is 9.15 Å². The van der Waals surface area contributed by atoms with Crippen LogP contribution in [0.15, 0.2) is 16.5 Å². The zero-order chi connectivity index (χ0) is 15.0. The van der Waals surface area contributed by atoms with Crippen molar-refractivity contribution in [3.05, 3.63) is 51.5 Å². The molecule has 0 spiro atoms. The molecule has 0 saturated heterocycles. The summed E-state index contributed by atoms with van der Waals surface area (Å²) in [7, 11) is 1.72. The van der Waals surface area contributed by atoms with Crippen LogP contribution < -0.4 is 4.74 Å². The molecule has 0 aliphatic carbocycles. The second kappa shape index (κ2) is 5.65. The lowest BCUT2D eigenvalue weighted by Crippen LogP contribution is -1.99. The monoisotopic (exact) mass is 336 g/mol. The topological polar surface area (TPSA) is 22.4 Å². The summed E-state index contributed by atoms with van der Waals surface area (Å²) in [6, 6.07) is 4.35. The largest absolute Gasteiger partial charge is 0.496 e. The Labute approximate surface area is 129 Å². The summed E-state index contributed by atoms with van der Waals surface area (Å²) in [6.07, 6.45) is 0. The summed E-state index contributed by atoms with van der Waals surface area (Å²) < 4.78 is 11.2. The zero-order valence-corrected chi connectivity index (χ0v) is 14.5. The fourth-order valence-corrected chi connectivity index (χ4v) is 3.73. The van der Waals surface area contributed by atoms with Gasteiger partial charge in [-0.2, -0.15) is 0 Å². The van der Waals surface area contributed by atoms with E-state index in [0.29, 0.717) is 0 Å². The Hall–Kier alpha value is -1.22. The van der Waals surface area contributed by atoms with E-state index in [1.807, 2.05) is 13.8 Å². The van der Waals surface area contributed by atoms with Crippen molar-refractivity contribution >= 4 is 15.9 Å². The molecular weight excluding hydrogens is 316 g/mol. The van der Waals surface area contributed by atoms with Gasteiger partial charge in [0, 0.05) is 5.56 Å². The molecule has 3 heteroatoms. The number of hydrogen-bond donors (Lipinski definition) is 0. The highest BCUT2D eigenvalue weighted by Crippen LogP contribution is 2.39. The highest BCUT2D eigenvalue weighted by atomic mass is 79.9. The van der Waals surface area contributed by atoms with Crippen LogP contribution in [0.5, 0.6) is 5.75 Å². The molecule has 0 N–H and O–H groups in total. The third kappa shape index (κ3) is 2.51. The van der Waals surface area contributed by atoms with E-state index in [-0.39, 0.29) is 4.83 Å². The lowest BCUT2D eigenvalue weighted by Gasteiger charge is -2.16. The molecule has 1 atom stereocenters. The number of benzene rings is 1. The van der Waals surface area contributed by atoms with Crippen LogP contribution in [0, 0.1) is 34.6 Å². The van der Waals surface area contributed by atoms with Crippen LogP contribution in [-0.2, 0) is 0 Å². The minimum Gasteiger partial charge on any atom is -0.496 e. The number of methoxy groups -OCH3 is 1. The Morgan fingerprint density at radius 1 is 1.00 bits per heavy atom. The van der Waals surface area contributed by atoms with Crippen LogP contribution in [0.1, 0.15) is 44.2 Å². The number of halogens is 1. The molecule has 0 bridgehead atoms. The number of hydrogen-bond acceptors (Lipinski definition) is 2. The van der Waals surface area contributed by atoms with Crippen molar-refractivity contribution in [1.82, 2.24) is 0 Å². The summed E-state index contributed by atoms with van der Waals surface area (Å²) >= 11 is 3.82. The van der Waals surface area contributed by atoms with Gasteiger partial charge in [0.05, 0.1) is 11.9 Å². The first-order valence-corrected chi connectivity index (χ1v) is 7.64. The van der Waals surface area contributed by atoms with E-state index < -0.39 is 0 Å². The van der Waals surface area contributed by atoms with Crippen molar-refractivity contribution < 1.29 is 9.15 Å². The summed E-state index contributed by atoms with van der Waals surface area (Å²) in [5.41, 5.74) is 5.99. The molecule has 0 aliphatic heterocycles. The van der Waals surface area contributed by atoms with Crippen LogP contribution >= 0.6 is 15.9 Å². The molecule has 2 nitrogen and oxygen atoms in total. The van der Waals surface area contributed by atoms with Crippen molar-refractivity contribution in [1.29, 1.82) is 0 Å². The molecule has 2 aromatic rings. The lowest BCUT2D eigenvalue weighted by atomic mass is 9.97.